The summed E-state index contributed by atoms with van der Waals surface area (Å²) < 4.78 is 27.4. The van der Waals surface area contributed by atoms with Gasteiger partial charge in [-0.2, -0.15) is 12.7 Å². The minimum Gasteiger partial charge on any atom is -0.502 e. The molecule has 0 unspecified atom stereocenters. The quantitative estimate of drug-likeness (QED) is 0.584. The molecule has 1 aliphatic rings. The van der Waals surface area contributed by atoms with E-state index in [1.807, 2.05) is 49.7 Å². The topological polar surface area (TPSA) is 6.48 Å². The molecule has 3 rings (SSSR count). The number of para-hydroxylation sites is 2. The van der Waals surface area contributed by atoms with Crippen molar-refractivity contribution in [1.82, 2.24) is 0 Å². The van der Waals surface area contributed by atoms with Crippen molar-refractivity contribution in [3.63, 3.8) is 0 Å². The van der Waals surface area contributed by atoms with Gasteiger partial charge in [-0.05, 0) is 39.4 Å². The second-order valence-electron chi connectivity index (χ2n) is 5.86. The van der Waals surface area contributed by atoms with Gasteiger partial charge < -0.3 is 9.80 Å². The fraction of sp³-hybridized carbons (Fsp3) is 0.278. The van der Waals surface area contributed by atoms with Crippen LogP contribution in [0.4, 0.5) is 20.2 Å². The van der Waals surface area contributed by atoms with Crippen molar-refractivity contribution in [2.45, 2.75) is 26.3 Å². The summed E-state index contributed by atoms with van der Waals surface area (Å²) in [5.74, 6) is -1.19. The van der Waals surface area contributed by atoms with Crippen LogP contribution in [-0.4, -0.2) is 6.54 Å². The first kappa shape index (κ1) is 17.9. The van der Waals surface area contributed by atoms with Gasteiger partial charge in [0.05, 0.1) is 0 Å². The first-order chi connectivity index (χ1) is 10.4. The SMILES string of the molecule is CCN1[CH-]N(C(C)(C)c2[c-]cc(F)cc2F)c2ccccc21.[Ir]. The number of fused-ring (bicyclic) bond motifs is 1. The molecule has 0 saturated carbocycles. The number of halogens is 2. The van der Waals surface area contributed by atoms with Gasteiger partial charge in [-0.25, -0.2) is 0 Å². The van der Waals surface area contributed by atoms with Crippen LogP contribution in [0.2, 0.25) is 0 Å². The van der Waals surface area contributed by atoms with Gasteiger partial charge in [0.1, 0.15) is 0 Å². The van der Waals surface area contributed by atoms with Crippen molar-refractivity contribution < 1.29 is 28.9 Å². The molecule has 0 bridgehead atoms. The number of hydrogen-bond acceptors (Lipinski definition) is 2. The summed E-state index contributed by atoms with van der Waals surface area (Å²) in [6, 6.07) is 12.8. The molecule has 0 N–H and O–H groups in total. The Balaban J connectivity index is 0.00000192. The van der Waals surface area contributed by atoms with Crippen LogP contribution in [0.5, 0.6) is 0 Å². The molecule has 1 aliphatic heterocycles. The normalized spacial score (nSPS) is 13.8. The van der Waals surface area contributed by atoms with Crippen molar-refractivity contribution >= 4 is 11.4 Å². The summed E-state index contributed by atoms with van der Waals surface area (Å²) in [7, 11) is 0. The molecule has 0 fully saturated rings. The molecular weight excluding hydrogens is 474 g/mol. The van der Waals surface area contributed by atoms with E-state index in [9.17, 15) is 8.78 Å². The van der Waals surface area contributed by atoms with Crippen molar-refractivity contribution in [3.8, 4) is 0 Å². The van der Waals surface area contributed by atoms with Gasteiger partial charge in [0.25, 0.3) is 0 Å². The second kappa shape index (κ2) is 6.58. The van der Waals surface area contributed by atoms with Gasteiger partial charge in [0.15, 0.2) is 0 Å². The third-order valence-corrected chi connectivity index (χ3v) is 4.12. The third-order valence-electron chi connectivity index (χ3n) is 4.12. The molecule has 5 heteroatoms. The minimum absolute atomic E-state index is 0. The van der Waals surface area contributed by atoms with Crippen LogP contribution < -0.4 is 9.80 Å². The Bertz CT molecular complexity index is 703. The summed E-state index contributed by atoms with van der Waals surface area (Å²) in [5.41, 5.74) is 1.75. The van der Waals surface area contributed by atoms with E-state index in [4.69, 9.17) is 0 Å². The maximum atomic E-state index is 14.2. The Labute approximate surface area is 149 Å². The molecule has 0 saturated heterocycles. The standard InChI is InChI=1S/C18H18F2N2.Ir/c1-4-21-12-22(17-8-6-5-7-16(17)21)18(2,3)14-10-9-13(19)11-15(14)20;/h5-9,11-12H,4H2,1-3H3;/q-2;. The summed E-state index contributed by atoms with van der Waals surface area (Å²) in [6.45, 7) is 8.67. The Kier molecular flexibility index (Phi) is 5.12. The maximum Gasteiger partial charge on any atom is 0.0304 e. The van der Waals surface area contributed by atoms with E-state index >= 15 is 0 Å². The number of nitrogens with zero attached hydrogens (tertiary/aromatic N) is 2. The maximum absolute atomic E-state index is 14.2. The Morgan fingerprint density at radius 1 is 1.17 bits per heavy atom. The van der Waals surface area contributed by atoms with Crippen LogP contribution >= 0.6 is 0 Å². The average molecular weight is 493 g/mol. The zero-order chi connectivity index (χ0) is 15.9. The number of benzene rings is 2. The predicted octanol–water partition coefficient (Wildman–Crippen LogP) is 4.46. The average Bonchev–Trinajstić information content (AvgIpc) is 2.86. The Hall–Kier alpha value is -1.45. The number of rotatable bonds is 3. The van der Waals surface area contributed by atoms with Crippen LogP contribution in [0.25, 0.3) is 0 Å². The molecule has 2 aromatic rings. The van der Waals surface area contributed by atoms with Crippen molar-refractivity contribution in [2.75, 3.05) is 16.3 Å². The molecule has 23 heavy (non-hydrogen) atoms. The van der Waals surface area contributed by atoms with Gasteiger partial charge in [-0.3, -0.25) is 8.78 Å². The zero-order valence-electron chi connectivity index (χ0n) is 13.2. The van der Waals surface area contributed by atoms with Crippen molar-refractivity contribution in [2.24, 2.45) is 0 Å². The number of hydrogen-bond donors (Lipinski definition) is 0. The van der Waals surface area contributed by atoms with Crippen LogP contribution in [-0.2, 0) is 25.6 Å². The summed E-state index contributed by atoms with van der Waals surface area (Å²) in [4.78, 5) is 4.12. The van der Waals surface area contributed by atoms with E-state index in [2.05, 4.69) is 17.9 Å². The molecule has 1 heterocycles. The molecule has 2 nitrogen and oxygen atoms in total. The first-order valence-electron chi connectivity index (χ1n) is 7.32. The van der Waals surface area contributed by atoms with E-state index in [0.717, 1.165) is 24.0 Å². The van der Waals surface area contributed by atoms with Crippen molar-refractivity contribution in [3.05, 3.63) is 66.3 Å². The minimum atomic E-state index is -0.683. The smallest absolute Gasteiger partial charge is 0.0304 e. The first-order valence-corrected chi connectivity index (χ1v) is 7.32. The van der Waals surface area contributed by atoms with E-state index in [0.29, 0.717) is 5.56 Å². The van der Waals surface area contributed by atoms with Gasteiger partial charge >= 0.3 is 0 Å². The van der Waals surface area contributed by atoms with Crippen LogP contribution in [0.3, 0.4) is 0 Å². The summed E-state index contributed by atoms with van der Waals surface area (Å²) >= 11 is 0. The molecule has 2 aromatic carbocycles. The molecule has 125 valence electrons. The summed E-state index contributed by atoms with van der Waals surface area (Å²) in [5, 5.41) is 0. The molecular formula is C18H18F2IrN2-2. The molecule has 0 atom stereocenters. The van der Waals surface area contributed by atoms with E-state index < -0.39 is 17.2 Å². The van der Waals surface area contributed by atoms with E-state index in [1.54, 1.807) is 0 Å². The van der Waals surface area contributed by atoms with Gasteiger partial charge in [-0.15, -0.1) is 17.7 Å². The van der Waals surface area contributed by atoms with Crippen LogP contribution in [0, 0.1) is 24.4 Å². The van der Waals surface area contributed by atoms with Gasteiger partial charge in [-0.1, -0.05) is 12.1 Å². The fourth-order valence-corrected chi connectivity index (χ4v) is 2.91. The molecule has 0 spiro atoms. The Morgan fingerprint density at radius 3 is 2.43 bits per heavy atom. The molecule has 0 aliphatic carbocycles. The van der Waals surface area contributed by atoms with Gasteiger partial charge in [0, 0.05) is 48.7 Å². The van der Waals surface area contributed by atoms with Crippen molar-refractivity contribution in [1.29, 1.82) is 0 Å². The zero-order valence-corrected chi connectivity index (χ0v) is 15.6. The Morgan fingerprint density at radius 2 is 1.83 bits per heavy atom. The molecule has 1 radical (unpaired) electrons. The third kappa shape index (κ3) is 3.00. The largest absolute Gasteiger partial charge is 0.502 e. The second-order valence-corrected chi connectivity index (χ2v) is 5.86. The molecule has 0 amide bonds. The van der Waals surface area contributed by atoms with Crippen LogP contribution in [0.1, 0.15) is 26.3 Å². The predicted molar refractivity (Wildman–Crippen MR) is 84.5 cm³/mol. The molecule has 0 aromatic heterocycles. The van der Waals surface area contributed by atoms with Crippen LogP contribution in [0.15, 0.2) is 36.4 Å². The van der Waals surface area contributed by atoms with Gasteiger partial charge in [0.2, 0.25) is 0 Å². The van der Waals surface area contributed by atoms with E-state index in [1.165, 1.54) is 6.07 Å². The number of anilines is 2. The fourth-order valence-electron chi connectivity index (χ4n) is 2.91. The monoisotopic (exact) mass is 493 g/mol. The van der Waals surface area contributed by atoms with E-state index in [-0.39, 0.29) is 20.1 Å². The summed E-state index contributed by atoms with van der Waals surface area (Å²) in [6.07, 6.45) is 0.